The molecule has 9 heteroatoms. The van der Waals surface area contributed by atoms with Crippen molar-refractivity contribution < 1.29 is 18.9 Å². The number of nitrogens with zero attached hydrogens (tertiary/aromatic N) is 3. The Balaban J connectivity index is 1.64. The zero-order chi connectivity index (χ0) is 21.6. The van der Waals surface area contributed by atoms with E-state index < -0.39 is 23.0 Å². The first-order chi connectivity index (χ1) is 13.3. The van der Waals surface area contributed by atoms with Gasteiger partial charge in [0.1, 0.15) is 12.1 Å². The molecule has 1 aliphatic heterocycles. The van der Waals surface area contributed by atoms with Crippen LogP contribution in [0, 0.1) is 18.3 Å². The van der Waals surface area contributed by atoms with Crippen molar-refractivity contribution >= 4 is 17.8 Å². The first-order valence-corrected chi connectivity index (χ1v) is 10.1. The van der Waals surface area contributed by atoms with Crippen LogP contribution in [0.15, 0.2) is 4.52 Å². The summed E-state index contributed by atoms with van der Waals surface area (Å²) in [6.45, 7) is 11.4. The molecule has 1 aromatic rings. The van der Waals surface area contributed by atoms with E-state index in [0.29, 0.717) is 30.5 Å². The molecule has 0 atom stereocenters. The molecule has 2 heterocycles. The van der Waals surface area contributed by atoms with Crippen LogP contribution in [0.25, 0.3) is 0 Å². The average molecular weight is 405 g/mol. The van der Waals surface area contributed by atoms with Crippen LogP contribution in [0.5, 0.6) is 0 Å². The molecule has 4 amide bonds. The molecule has 0 radical (unpaired) electrons. The third kappa shape index (κ3) is 4.13. The molecular formula is C20H31N5O4. The van der Waals surface area contributed by atoms with Gasteiger partial charge in [-0.15, -0.1) is 0 Å². The summed E-state index contributed by atoms with van der Waals surface area (Å²) in [7, 11) is 0. The van der Waals surface area contributed by atoms with Crippen molar-refractivity contribution in [2.75, 3.05) is 6.54 Å². The number of urea groups is 1. The number of rotatable bonds is 4. The van der Waals surface area contributed by atoms with Gasteiger partial charge < -0.3 is 15.2 Å². The van der Waals surface area contributed by atoms with E-state index in [1.807, 2.05) is 0 Å². The van der Waals surface area contributed by atoms with Gasteiger partial charge in [0.2, 0.25) is 11.8 Å². The molecular weight excluding hydrogens is 374 g/mol. The smallest absolute Gasteiger partial charge is 0.325 e. The van der Waals surface area contributed by atoms with Crippen LogP contribution in [-0.2, 0) is 15.1 Å². The van der Waals surface area contributed by atoms with Crippen molar-refractivity contribution in [2.24, 2.45) is 11.3 Å². The van der Waals surface area contributed by atoms with Gasteiger partial charge in [-0.05, 0) is 50.9 Å². The molecule has 2 fully saturated rings. The molecule has 0 unspecified atom stereocenters. The first-order valence-electron chi connectivity index (χ1n) is 10.1. The predicted octanol–water partition coefficient (Wildman–Crippen LogP) is 2.26. The largest absolute Gasteiger partial charge is 0.342 e. The lowest BCUT2D eigenvalue weighted by Gasteiger charge is -2.40. The molecule has 0 aromatic carbocycles. The number of amides is 4. The third-order valence-corrected chi connectivity index (χ3v) is 6.15. The summed E-state index contributed by atoms with van der Waals surface area (Å²) in [6, 6.07) is -0.507. The highest BCUT2D eigenvalue weighted by molar-refractivity contribution is 6.09. The second-order valence-corrected chi connectivity index (χ2v) is 9.85. The van der Waals surface area contributed by atoms with Crippen molar-refractivity contribution in [2.45, 2.75) is 78.3 Å². The highest BCUT2D eigenvalue weighted by Gasteiger charge is 2.53. The number of nitrogens with one attached hydrogen (secondary N) is 2. The van der Waals surface area contributed by atoms with Gasteiger partial charge in [0.25, 0.3) is 5.91 Å². The molecule has 2 aliphatic rings. The lowest BCUT2D eigenvalue weighted by atomic mass is 9.67. The van der Waals surface area contributed by atoms with Crippen LogP contribution < -0.4 is 10.6 Å². The third-order valence-electron chi connectivity index (χ3n) is 6.15. The second-order valence-electron chi connectivity index (χ2n) is 9.85. The Hall–Kier alpha value is -2.45. The van der Waals surface area contributed by atoms with Gasteiger partial charge in [-0.1, -0.05) is 25.9 Å². The number of aryl methyl sites for hydroxylation is 1. The molecule has 1 aliphatic carbocycles. The van der Waals surface area contributed by atoms with Crippen molar-refractivity contribution in [3.63, 3.8) is 0 Å². The fraction of sp³-hybridized carbons (Fsp3) is 0.750. The van der Waals surface area contributed by atoms with E-state index in [1.165, 1.54) is 0 Å². The number of carbonyl (C=O) groups is 3. The molecule has 3 rings (SSSR count). The Bertz CT molecular complexity index is 815. The van der Waals surface area contributed by atoms with Gasteiger partial charge in [-0.25, -0.2) is 4.79 Å². The Kier molecular flexibility index (Phi) is 5.21. The molecule has 160 valence electrons. The minimum absolute atomic E-state index is 0.173. The van der Waals surface area contributed by atoms with Gasteiger partial charge in [-0.2, -0.15) is 4.98 Å². The minimum Gasteiger partial charge on any atom is -0.342 e. The first kappa shape index (κ1) is 21.3. The van der Waals surface area contributed by atoms with Gasteiger partial charge in [0, 0.05) is 6.92 Å². The van der Waals surface area contributed by atoms with Crippen molar-refractivity contribution in [3.05, 3.63) is 11.7 Å². The van der Waals surface area contributed by atoms with Crippen LogP contribution in [0.2, 0.25) is 0 Å². The van der Waals surface area contributed by atoms with Crippen LogP contribution in [0.4, 0.5) is 4.79 Å². The summed E-state index contributed by atoms with van der Waals surface area (Å²) >= 11 is 0. The summed E-state index contributed by atoms with van der Waals surface area (Å²) in [5, 5.41) is 9.47. The lowest BCUT2D eigenvalue weighted by Crippen LogP contribution is -2.51. The predicted molar refractivity (Wildman–Crippen MR) is 105 cm³/mol. The fourth-order valence-corrected chi connectivity index (χ4v) is 4.28. The van der Waals surface area contributed by atoms with Crippen LogP contribution in [-0.4, -0.2) is 45.0 Å². The molecule has 1 spiro atoms. The maximum atomic E-state index is 13.0. The van der Waals surface area contributed by atoms with Crippen LogP contribution in [0.1, 0.15) is 72.0 Å². The lowest BCUT2D eigenvalue weighted by molar-refractivity contribution is -0.136. The van der Waals surface area contributed by atoms with E-state index >= 15 is 0 Å². The summed E-state index contributed by atoms with van der Waals surface area (Å²) in [5.74, 6) is 0.468. The molecule has 2 N–H and O–H groups in total. The minimum atomic E-state index is -0.892. The van der Waals surface area contributed by atoms with E-state index in [0.717, 1.165) is 17.7 Å². The number of carbonyl (C=O) groups excluding carboxylic acids is 3. The zero-order valence-corrected chi connectivity index (χ0v) is 18.1. The molecule has 1 saturated heterocycles. The van der Waals surface area contributed by atoms with E-state index in [1.54, 1.807) is 20.8 Å². The van der Waals surface area contributed by atoms with E-state index in [-0.39, 0.29) is 17.9 Å². The Morgan fingerprint density at radius 1 is 1.24 bits per heavy atom. The number of aromatic nitrogens is 2. The number of hydrogen-bond donors (Lipinski definition) is 2. The van der Waals surface area contributed by atoms with Crippen LogP contribution in [0.3, 0.4) is 0 Å². The Morgan fingerprint density at radius 2 is 1.86 bits per heavy atom. The molecule has 1 saturated carbocycles. The highest BCUT2D eigenvalue weighted by atomic mass is 16.5. The van der Waals surface area contributed by atoms with Gasteiger partial charge >= 0.3 is 6.03 Å². The SMILES string of the molecule is Cc1nc(C(C)(C)NC(=O)CN2C(=O)NC3(CCC(C(C)(C)C)CC3)C2=O)no1. The quantitative estimate of drug-likeness (QED) is 0.742. The standard InChI is InChI=1S/C20H31N5O4/c1-12-21-15(24-29-12)19(5,6)22-14(26)11-25-16(27)20(23-17(25)28)9-7-13(8-10-20)18(2,3)4/h13H,7-11H2,1-6H3,(H,22,26)(H,23,28). The van der Waals surface area contributed by atoms with E-state index in [2.05, 4.69) is 41.5 Å². The summed E-state index contributed by atoms with van der Waals surface area (Å²) in [5.41, 5.74) is -1.60. The number of imide groups is 1. The molecule has 9 nitrogen and oxygen atoms in total. The van der Waals surface area contributed by atoms with E-state index in [9.17, 15) is 14.4 Å². The van der Waals surface area contributed by atoms with Gasteiger partial charge in [0.05, 0.1) is 5.54 Å². The Morgan fingerprint density at radius 3 is 2.38 bits per heavy atom. The molecule has 1 aromatic heterocycles. The molecule has 0 bridgehead atoms. The summed E-state index contributed by atoms with van der Waals surface area (Å²) in [4.78, 5) is 43.3. The monoisotopic (exact) mass is 405 g/mol. The highest BCUT2D eigenvalue weighted by Crippen LogP contribution is 2.43. The van der Waals surface area contributed by atoms with Crippen molar-refractivity contribution in [1.82, 2.24) is 25.7 Å². The molecule has 29 heavy (non-hydrogen) atoms. The van der Waals surface area contributed by atoms with Crippen LogP contribution >= 0.6 is 0 Å². The maximum Gasteiger partial charge on any atom is 0.325 e. The number of hydrogen-bond acceptors (Lipinski definition) is 6. The van der Waals surface area contributed by atoms with Crippen molar-refractivity contribution in [3.8, 4) is 0 Å². The zero-order valence-electron chi connectivity index (χ0n) is 18.1. The van der Waals surface area contributed by atoms with E-state index in [4.69, 9.17) is 4.52 Å². The summed E-state index contributed by atoms with van der Waals surface area (Å²) in [6.07, 6.45) is 2.95. The maximum absolute atomic E-state index is 13.0. The summed E-state index contributed by atoms with van der Waals surface area (Å²) < 4.78 is 4.97. The Labute approximate surface area is 171 Å². The topological polar surface area (TPSA) is 117 Å². The van der Waals surface area contributed by atoms with Gasteiger partial charge in [-0.3, -0.25) is 14.5 Å². The second kappa shape index (κ2) is 7.11. The normalized spacial score (nSPS) is 25.4. The average Bonchev–Trinajstić information content (AvgIpc) is 3.13. The van der Waals surface area contributed by atoms with Gasteiger partial charge in [0.15, 0.2) is 5.82 Å². The fourth-order valence-electron chi connectivity index (χ4n) is 4.28. The van der Waals surface area contributed by atoms with Crippen molar-refractivity contribution in [1.29, 1.82) is 0 Å².